The lowest BCUT2D eigenvalue weighted by atomic mass is 10.1. The minimum Gasteiger partial charge on any atom is -0.466 e. The van der Waals surface area contributed by atoms with Crippen molar-refractivity contribution in [3.05, 3.63) is 71.4 Å². The van der Waals surface area contributed by atoms with Crippen molar-refractivity contribution in [1.82, 2.24) is 0 Å². The number of hydrogen-bond acceptors (Lipinski definition) is 7. The molecule has 0 saturated heterocycles. The van der Waals surface area contributed by atoms with Gasteiger partial charge in [0.05, 0.1) is 26.4 Å². The van der Waals surface area contributed by atoms with Gasteiger partial charge in [0.25, 0.3) is 0 Å². The number of amides is 1. The maximum atomic E-state index is 12.3. The molecule has 0 aliphatic carbocycles. The summed E-state index contributed by atoms with van der Waals surface area (Å²) in [7, 11) is 2.48. The third-order valence-electron chi connectivity index (χ3n) is 4.78. The average molecular weight is 424 g/mol. The first-order chi connectivity index (χ1) is 15.0. The Labute approximate surface area is 180 Å². The van der Waals surface area contributed by atoms with Crippen LogP contribution in [-0.4, -0.2) is 45.4 Å². The molecule has 1 aliphatic heterocycles. The highest BCUT2D eigenvalue weighted by molar-refractivity contribution is 6.03. The van der Waals surface area contributed by atoms with Gasteiger partial charge in [0.2, 0.25) is 5.91 Å². The zero-order chi connectivity index (χ0) is 22.2. The van der Waals surface area contributed by atoms with Crippen LogP contribution in [-0.2, 0) is 35.0 Å². The highest BCUT2D eigenvalue weighted by Crippen LogP contribution is 2.27. The number of anilines is 2. The van der Waals surface area contributed by atoms with Gasteiger partial charge in [-0.2, -0.15) is 0 Å². The molecule has 0 fully saturated rings. The predicted molar refractivity (Wildman–Crippen MR) is 114 cm³/mol. The lowest BCUT2D eigenvalue weighted by Crippen LogP contribution is -2.38. The number of rotatable bonds is 7. The van der Waals surface area contributed by atoms with Gasteiger partial charge in [0.1, 0.15) is 12.4 Å². The Balaban J connectivity index is 1.71. The van der Waals surface area contributed by atoms with E-state index >= 15 is 0 Å². The Morgan fingerprint density at radius 3 is 2.29 bits per heavy atom. The summed E-state index contributed by atoms with van der Waals surface area (Å²) in [6.07, 6.45) is 1.02. The number of aryl methyl sites for hydroxylation is 1. The number of esters is 2. The summed E-state index contributed by atoms with van der Waals surface area (Å²) < 4.78 is 15.1. The first-order valence-electron chi connectivity index (χ1n) is 9.72. The van der Waals surface area contributed by atoms with E-state index in [1.165, 1.54) is 19.1 Å². The normalized spacial score (nSPS) is 13.5. The second kappa shape index (κ2) is 10.4. The van der Waals surface area contributed by atoms with Crippen molar-refractivity contribution < 1.29 is 28.6 Å². The van der Waals surface area contributed by atoms with Crippen molar-refractivity contribution in [2.75, 3.05) is 37.8 Å². The number of nitrogens with zero attached hydrogens (tertiary/aromatic N) is 1. The van der Waals surface area contributed by atoms with Crippen molar-refractivity contribution in [3.63, 3.8) is 0 Å². The molecular weight excluding hydrogens is 400 g/mol. The van der Waals surface area contributed by atoms with Crippen LogP contribution >= 0.6 is 0 Å². The van der Waals surface area contributed by atoms with Crippen LogP contribution in [0.5, 0.6) is 0 Å². The molecule has 1 aliphatic rings. The quantitative estimate of drug-likeness (QED) is 0.683. The van der Waals surface area contributed by atoms with Gasteiger partial charge in [0, 0.05) is 17.8 Å². The molecule has 0 bridgehead atoms. The zero-order valence-corrected chi connectivity index (χ0v) is 17.4. The van der Waals surface area contributed by atoms with Gasteiger partial charge in [0.15, 0.2) is 0 Å². The van der Waals surface area contributed by atoms with E-state index < -0.39 is 11.9 Å². The van der Waals surface area contributed by atoms with Gasteiger partial charge < -0.3 is 24.4 Å². The summed E-state index contributed by atoms with van der Waals surface area (Å²) in [5.74, 6) is -1.42. The second-order valence-corrected chi connectivity index (χ2v) is 6.80. The minimum atomic E-state index is -0.665. The van der Waals surface area contributed by atoms with E-state index in [9.17, 15) is 14.4 Å². The van der Waals surface area contributed by atoms with Crippen LogP contribution in [0.1, 0.15) is 12.0 Å². The first-order valence-corrected chi connectivity index (χ1v) is 9.72. The van der Waals surface area contributed by atoms with E-state index in [2.05, 4.69) is 5.32 Å². The first kappa shape index (κ1) is 22.0. The van der Waals surface area contributed by atoms with Gasteiger partial charge in [-0.05, 0) is 36.2 Å². The highest BCUT2D eigenvalue weighted by atomic mass is 16.5. The van der Waals surface area contributed by atoms with E-state index in [1.807, 2.05) is 30.3 Å². The Morgan fingerprint density at radius 1 is 0.968 bits per heavy atom. The SMILES string of the molecule is COC(=O)C1=C(C(=O)OC)N(c2ccc(NC(=O)CCc3ccccc3)cc2)COC1. The van der Waals surface area contributed by atoms with Crippen LogP contribution in [0.3, 0.4) is 0 Å². The van der Waals surface area contributed by atoms with Crippen LogP contribution in [0, 0.1) is 0 Å². The molecule has 1 N–H and O–H groups in total. The fourth-order valence-corrected chi connectivity index (χ4v) is 3.20. The van der Waals surface area contributed by atoms with Gasteiger partial charge in [-0.1, -0.05) is 30.3 Å². The highest BCUT2D eigenvalue weighted by Gasteiger charge is 2.32. The van der Waals surface area contributed by atoms with Gasteiger partial charge >= 0.3 is 11.9 Å². The van der Waals surface area contributed by atoms with Crippen molar-refractivity contribution in [3.8, 4) is 0 Å². The summed E-state index contributed by atoms with van der Waals surface area (Å²) in [6, 6.07) is 16.7. The topological polar surface area (TPSA) is 94.2 Å². The fraction of sp³-hybridized carbons (Fsp3) is 0.261. The van der Waals surface area contributed by atoms with Crippen LogP contribution in [0.25, 0.3) is 0 Å². The van der Waals surface area contributed by atoms with Crippen molar-refractivity contribution >= 4 is 29.2 Å². The lowest BCUT2D eigenvalue weighted by molar-refractivity contribution is -0.140. The summed E-state index contributed by atoms with van der Waals surface area (Å²) in [4.78, 5) is 38.2. The third kappa shape index (κ3) is 5.49. The van der Waals surface area contributed by atoms with E-state index in [0.29, 0.717) is 24.2 Å². The van der Waals surface area contributed by atoms with E-state index in [4.69, 9.17) is 14.2 Å². The minimum absolute atomic E-state index is 0.0524. The third-order valence-corrected chi connectivity index (χ3v) is 4.78. The van der Waals surface area contributed by atoms with Crippen molar-refractivity contribution in [2.45, 2.75) is 12.8 Å². The molecule has 31 heavy (non-hydrogen) atoms. The Hall–Kier alpha value is -3.65. The fourth-order valence-electron chi connectivity index (χ4n) is 3.20. The monoisotopic (exact) mass is 424 g/mol. The molecule has 0 unspecified atom stereocenters. The number of carbonyl (C=O) groups is 3. The molecule has 0 atom stereocenters. The molecule has 0 saturated carbocycles. The van der Waals surface area contributed by atoms with Crippen molar-refractivity contribution in [2.24, 2.45) is 0 Å². The number of hydrogen-bond donors (Lipinski definition) is 1. The number of ether oxygens (including phenoxy) is 3. The summed E-state index contributed by atoms with van der Waals surface area (Å²) in [5.41, 5.74) is 2.47. The number of benzene rings is 2. The Kier molecular flexibility index (Phi) is 7.40. The molecule has 1 amide bonds. The Bertz CT molecular complexity index is 969. The summed E-state index contributed by atoms with van der Waals surface area (Å²) >= 11 is 0. The smallest absolute Gasteiger partial charge is 0.355 e. The van der Waals surface area contributed by atoms with Crippen LogP contribution < -0.4 is 10.2 Å². The van der Waals surface area contributed by atoms with Crippen LogP contribution in [0.15, 0.2) is 65.9 Å². The van der Waals surface area contributed by atoms with E-state index in [1.54, 1.807) is 24.3 Å². The largest absolute Gasteiger partial charge is 0.466 e. The molecular formula is C23H24N2O6. The van der Waals surface area contributed by atoms with Gasteiger partial charge in [-0.3, -0.25) is 4.79 Å². The molecule has 3 rings (SSSR count). The molecule has 2 aromatic rings. The molecule has 0 radical (unpaired) electrons. The standard InChI is InChI=1S/C23H24N2O6/c1-29-22(27)19-14-31-15-25(21(19)23(28)30-2)18-11-9-17(10-12-18)24-20(26)13-8-16-6-4-3-5-7-16/h3-7,9-12H,8,13-15H2,1-2H3,(H,24,26). The summed E-state index contributed by atoms with van der Waals surface area (Å²) in [5, 5.41) is 2.86. The van der Waals surface area contributed by atoms with Crippen LogP contribution in [0.4, 0.5) is 11.4 Å². The molecule has 0 spiro atoms. The maximum Gasteiger partial charge on any atom is 0.355 e. The molecule has 162 valence electrons. The number of carbonyl (C=O) groups excluding carboxylic acids is 3. The van der Waals surface area contributed by atoms with Crippen LogP contribution in [0.2, 0.25) is 0 Å². The van der Waals surface area contributed by atoms with Crippen molar-refractivity contribution in [1.29, 1.82) is 0 Å². The van der Waals surface area contributed by atoms with E-state index in [-0.39, 0.29) is 30.5 Å². The molecule has 8 heteroatoms. The maximum absolute atomic E-state index is 12.3. The summed E-state index contributed by atoms with van der Waals surface area (Å²) in [6.45, 7) is 0.0108. The Morgan fingerprint density at radius 2 is 1.65 bits per heavy atom. The number of nitrogens with one attached hydrogen (secondary N) is 1. The number of methoxy groups -OCH3 is 2. The molecule has 8 nitrogen and oxygen atoms in total. The van der Waals surface area contributed by atoms with Gasteiger partial charge in [-0.25, -0.2) is 9.59 Å². The molecule has 1 heterocycles. The predicted octanol–water partition coefficient (Wildman–Crippen LogP) is 2.65. The lowest BCUT2D eigenvalue weighted by Gasteiger charge is -2.31. The molecule has 0 aromatic heterocycles. The molecule has 2 aromatic carbocycles. The van der Waals surface area contributed by atoms with E-state index in [0.717, 1.165) is 5.56 Å². The van der Waals surface area contributed by atoms with Gasteiger partial charge in [-0.15, -0.1) is 0 Å². The average Bonchev–Trinajstić information content (AvgIpc) is 2.82. The zero-order valence-electron chi connectivity index (χ0n) is 17.4. The second-order valence-electron chi connectivity index (χ2n) is 6.80.